The first-order chi connectivity index (χ1) is 15.0. The maximum Gasteiger partial charge on any atom is 0.255 e. The highest BCUT2D eigenvalue weighted by Gasteiger charge is 2.12. The molecule has 6 nitrogen and oxygen atoms in total. The lowest BCUT2D eigenvalue weighted by atomic mass is 10.1. The molecule has 4 rings (SSSR count). The third kappa shape index (κ3) is 4.46. The number of halogens is 1. The van der Waals surface area contributed by atoms with Gasteiger partial charge < -0.3 is 10.2 Å². The van der Waals surface area contributed by atoms with E-state index in [1.807, 2.05) is 43.3 Å². The molecule has 1 amide bonds. The van der Waals surface area contributed by atoms with Crippen molar-refractivity contribution in [1.29, 1.82) is 0 Å². The van der Waals surface area contributed by atoms with E-state index in [1.54, 1.807) is 16.9 Å². The normalized spacial score (nSPS) is 11.0. The maximum absolute atomic E-state index is 12.6. The highest BCUT2D eigenvalue weighted by molar-refractivity contribution is 9.10. The molecular formula is C24H24BrN5O. The molecule has 0 atom stereocenters. The van der Waals surface area contributed by atoms with Crippen LogP contribution in [0.5, 0.6) is 0 Å². The lowest BCUT2D eigenvalue weighted by molar-refractivity contribution is 0.102. The number of carbonyl (C=O) groups is 1. The molecule has 0 unspecified atom stereocenters. The summed E-state index contributed by atoms with van der Waals surface area (Å²) in [4.78, 5) is 16.6. The van der Waals surface area contributed by atoms with E-state index < -0.39 is 0 Å². The molecule has 7 heteroatoms. The van der Waals surface area contributed by atoms with E-state index in [2.05, 4.69) is 62.3 Å². The molecular weight excluding hydrogens is 454 g/mol. The van der Waals surface area contributed by atoms with E-state index in [-0.39, 0.29) is 5.91 Å². The van der Waals surface area contributed by atoms with E-state index >= 15 is 0 Å². The predicted octanol–water partition coefficient (Wildman–Crippen LogP) is 5.59. The number of hydrogen-bond acceptors (Lipinski definition) is 4. The van der Waals surface area contributed by atoms with Crippen LogP contribution in [0.1, 0.15) is 29.8 Å². The highest BCUT2D eigenvalue weighted by Crippen LogP contribution is 2.24. The van der Waals surface area contributed by atoms with Gasteiger partial charge in [0, 0.05) is 34.5 Å². The Hall–Kier alpha value is -3.19. The number of aryl methyl sites for hydroxylation is 1. The first kappa shape index (κ1) is 21.1. The molecule has 0 radical (unpaired) electrons. The number of anilines is 2. The van der Waals surface area contributed by atoms with Crippen LogP contribution in [0, 0.1) is 6.92 Å². The minimum absolute atomic E-state index is 0.164. The van der Waals surface area contributed by atoms with Crippen molar-refractivity contribution < 1.29 is 4.79 Å². The van der Waals surface area contributed by atoms with Gasteiger partial charge in [-0.1, -0.05) is 22.0 Å². The number of hydrogen-bond donors (Lipinski definition) is 1. The van der Waals surface area contributed by atoms with Crippen molar-refractivity contribution in [1.82, 2.24) is 15.0 Å². The monoisotopic (exact) mass is 477 g/mol. The minimum Gasteiger partial charge on any atom is -0.372 e. The largest absolute Gasteiger partial charge is 0.372 e. The van der Waals surface area contributed by atoms with Crippen molar-refractivity contribution in [3.63, 3.8) is 0 Å². The molecule has 1 aromatic heterocycles. The summed E-state index contributed by atoms with van der Waals surface area (Å²) in [6.07, 6.45) is 0. The summed E-state index contributed by atoms with van der Waals surface area (Å²) in [6.45, 7) is 8.18. The first-order valence-corrected chi connectivity index (χ1v) is 11.1. The van der Waals surface area contributed by atoms with Crippen molar-refractivity contribution in [3.8, 4) is 5.69 Å². The highest BCUT2D eigenvalue weighted by atomic mass is 79.9. The number of nitrogens with zero attached hydrogens (tertiary/aromatic N) is 4. The molecule has 0 aliphatic heterocycles. The lowest BCUT2D eigenvalue weighted by Gasteiger charge is -2.20. The van der Waals surface area contributed by atoms with Crippen LogP contribution in [-0.2, 0) is 0 Å². The molecule has 0 spiro atoms. The molecule has 3 aromatic carbocycles. The Kier molecular flexibility index (Phi) is 6.04. The van der Waals surface area contributed by atoms with Crippen molar-refractivity contribution in [2.75, 3.05) is 23.3 Å². The van der Waals surface area contributed by atoms with Crippen LogP contribution in [-0.4, -0.2) is 34.0 Å². The SMILES string of the molecule is CCN(CC)c1ccc(-n2nc3cc(C)c(NC(=O)c4cccc(Br)c4)cc3n2)cc1. The third-order valence-electron chi connectivity index (χ3n) is 5.27. The molecule has 0 saturated carbocycles. The van der Waals surface area contributed by atoms with Gasteiger partial charge in [-0.25, -0.2) is 0 Å². The summed E-state index contributed by atoms with van der Waals surface area (Å²) in [6, 6.07) is 19.3. The van der Waals surface area contributed by atoms with Gasteiger partial charge in [0.05, 0.1) is 5.69 Å². The van der Waals surface area contributed by atoms with Crippen molar-refractivity contribution >= 4 is 44.2 Å². The zero-order valence-corrected chi connectivity index (χ0v) is 19.3. The fraction of sp³-hybridized carbons (Fsp3) is 0.208. The number of carbonyl (C=O) groups excluding carboxylic acids is 1. The number of rotatable bonds is 6. The van der Waals surface area contributed by atoms with Gasteiger partial charge in [-0.05, 0) is 80.9 Å². The van der Waals surface area contributed by atoms with E-state index in [9.17, 15) is 4.79 Å². The van der Waals surface area contributed by atoms with Crippen LogP contribution in [0.15, 0.2) is 65.1 Å². The molecule has 0 aliphatic rings. The number of aromatic nitrogens is 3. The lowest BCUT2D eigenvalue weighted by Crippen LogP contribution is -2.21. The Balaban J connectivity index is 1.61. The van der Waals surface area contributed by atoms with Crippen LogP contribution in [0.3, 0.4) is 0 Å². The quantitative estimate of drug-likeness (QED) is 0.393. The van der Waals surface area contributed by atoms with Gasteiger partial charge in [-0.2, -0.15) is 4.80 Å². The van der Waals surface area contributed by atoms with Gasteiger partial charge >= 0.3 is 0 Å². The number of nitrogens with one attached hydrogen (secondary N) is 1. The smallest absolute Gasteiger partial charge is 0.255 e. The standard InChI is InChI=1S/C24H24BrN5O/c1-4-29(5-2)19-9-11-20(12-10-19)30-27-22-13-16(3)21(15-23(22)28-30)26-24(31)17-7-6-8-18(25)14-17/h6-15H,4-5H2,1-3H3,(H,26,31). The first-order valence-electron chi connectivity index (χ1n) is 10.3. The van der Waals surface area contributed by atoms with Crippen LogP contribution >= 0.6 is 15.9 Å². The van der Waals surface area contributed by atoms with E-state index in [1.165, 1.54) is 5.69 Å². The van der Waals surface area contributed by atoms with Crippen LogP contribution in [0.25, 0.3) is 16.7 Å². The van der Waals surface area contributed by atoms with Gasteiger partial charge in [-0.15, -0.1) is 10.2 Å². The number of fused-ring (bicyclic) bond motifs is 1. The molecule has 31 heavy (non-hydrogen) atoms. The molecule has 0 saturated heterocycles. The average Bonchev–Trinajstić information content (AvgIpc) is 3.18. The summed E-state index contributed by atoms with van der Waals surface area (Å²) < 4.78 is 0.863. The predicted molar refractivity (Wildman–Crippen MR) is 129 cm³/mol. The summed E-state index contributed by atoms with van der Waals surface area (Å²) in [7, 11) is 0. The van der Waals surface area contributed by atoms with Gasteiger partial charge in [0.15, 0.2) is 0 Å². The molecule has 158 valence electrons. The second kappa shape index (κ2) is 8.89. The van der Waals surface area contributed by atoms with E-state index in [4.69, 9.17) is 0 Å². The van der Waals surface area contributed by atoms with Crippen molar-refractivity contribution in [2.45, 2.75) is 20.8 Å². The summed E-state index contributed by atoms with van der Waals surface area (Å²) in [5, 5.41) is 12.2. The van der Waals surface area contributed by atoms with Crippen LogP contribution in [0.4, 0.5) is 11.4 Å². The minimum atomic E-state index is -0.164. The fourth-order valence-corrected chi connectivity index (χ4v) is 3.93. The second-order valence-electron chi connectivity index (χ2n) is 7.30. The second-order valence-corrected chi connectivity index (χ2v) is 8.21. The maximum atomic E-state index is 12.6. The zero-order valence-electron chi connectivity index (χ0n) is 17.8. The van der Waals surface area contributed by atoms with Gasteiger partial charge in [0.2, 0.25) is 0 Å². The van der Waals surface area contributed by atoms with Gasteiger partial charge in [0.25, 0.3) is 5.91 Å². The van der Waals surface area contributed by atoms with Crippen LogP contribution < -0.4 is 10.2 Å². The van der Waals surface area contributed by atoms with Gasteiger partial charge in [-0.3, -0.25) is 4.79 Å². The molecule has 0 bridgehead atoms. The molecule has 1 heterocycles. The Bertz CT molecular complexity index is 1230. The average molecular weight is 478 g/mol. The Labute approximate surface area is 190 Å². The fourth-order valence-electron chi connectivity index (χ4n) is 3.53. The summed E-state index contributed by atoms with van der Waals surface area (Å²) in [5.41, 5.74) is 5.82. The topological polar surface area (TPSA) is 63.1 Å². The van der Waals surface area contributed by atoms with Crippen molar-refractivity contribution in [3.05, 3.63) is 76.3 Å². The van der Waals surface area contributed by atoms with Crippen LogP contribution in [0.2, 0.25) is 0 Å². The molecule has 1 N–H and O–H groups in total. The van der Waals surface area contributed by atoms with E-state index in [0.717, 1.165) is 45.5 Å². The third-order valence-corrected chi connectivity index (χ3v) is 5.76. The Morgan fingerprint density at radius 1 is 1.00 bits per heavy atom. The molecule has 0 fully saturated rings. The number of benzene rings is 3. The van der Waals surface area contributed by atoms with Gasteiger partial charge in [0.1, 0.15) is 11.0 Å². The number of amides is 1. The van der Waals surface area contributed by atoms with E-state index in [0.29, 0.717) is 5.56 Å². The molecule has 4 aromatic rings. The molecule has 0 aliphatic carbocycles. The Morgan fingerprint density at radius 2 is 1.68 bits per heavy atom. The summed E-state index contributed by atoms with van der Waals surface area (Å²) in [5.74, 6) is -0.164. The zero-order chi connectivity index (χ0) is 22.0. The van der Waals surface area contributed by atoms with Crippen molar-refractivity contribution in [2.24, 2.45) is 0 Å². The Morgan fingerprint density at radius 3 is 2.32 bits per heavy atom. The summed E-state index contributed by atoms with van der Waals surface area (Å²) >= 11 is 3.40.